The monoisotopic (exact) mass is 293 g/mol. The van der Waals surface area contributed by atoms with Gasteiger partial charge >= 0.3 is 0 Å². The molecule has 1 saturated heterocycles. The number of rotatable bonds is 1. The van der Waals surface area contributed by atoms with Gasteiger partial charge in [0.05, 0.1) is 17.5 Å². The number of carbonyl (C=O) groups is 2. The molecule has 0 bridgehead atoms. The zero-order valence-electron chi connectivity index (χ0n) is 9.66. The van der Waals surface area contributed by atoms with E-state index in [9.17, 15) is 9.59 Å². The van der Waals surface area contributed by atoms with E-state index in [-0.39, 0.29) is 23.7 Å². The van der Waals surface area contributed by atoms with Gasteiger partial charge in [-0.15, -0.1) is 0 Å². The van der Waals surface area contributed by atoms with Crippen molar-refractivity contribution in [1.29, 1.82) is 0 Å². The summed E-state index contributed by atoms with van der Waals surface area (Å²) in [5.41, 5.74) is 2.69. The molecule has 1 aliphatic carbocycles. The largest absolute Gasteiger partial charge is 0.274 e. The Labute approximate surface area is 108 Å². The van der Waals surface area contributed by atoms with Crippen molar-refractivity contribution < 1.29 is 9.59 Å². The van der Waals surface area contributed by atoms with E-state index in [0.717, 1.165) is 27.7 Å². The van der Waals surface area contributed by atoms with Gasteiger partial charge in [-0.3, -0.25) is 9.59 Å². The molecular weight excluding hydrogens is 282 g/mol. The summed E-state index contributed by atoms with van der Waals surface area (Å²) in [7, 11) is 0. The fourth-order valence-corrected chi connectivity index (χ4v) is 3.34. The number of hydrogen-bond donors (Lipinski definition) is 0. The lowest BCUT2D eigenvalue weighted by molar-refractivity contribution is -0.123. The number of carbonyl (C=O) groups excluding carboxylic acids is 2. The van der Waals surface area contributed by atoms with Gasteiger partial charge in [0.15, 0.2) is 0 Å². The van der Waals surface area contributed by atoms with Crippen LogP contribution in [0, 0.1) is 25.7 Å². The van der Waals surface area contributed by atoms with Crippen molar-refractivity contribution in [3.63, 3.8) is 0 Å². The van der Waals surface area contributed by atoms with Crippen molar-refractivity contribution in [2.24, 2.45) is 11.8 Å². The summed E-state index contributed by atoms with van der Waals surface area (Å²) in [6, 6.07) is 3.87. The summed E-state index contributed by atoms with van der Waals surface area (Å²) in [5.74, 6) is -0.114. The van der Waals surface area contributed by atoms with Gasteiger partial charge in [0.2, 0.25) is 11.8 Å². The summed E-state index contributed by atoms with van der Waals surface area (Å²) >= 11 is 3.42. The Balaban J connectivity index is 2.11. The summed E-state index contributed by atoms with van der Waals surface area (Å²) < 4.78 is 0.973. The number of imide groups is 1. The van der Waals surface area contributed by atoms with E-state index < -0.39 is 0 Å². The van der Waals surface area contributed by atoms with Gasteiger partial charge in [-0.25, -0.2) is 4.90 Å². The molecule has 3 rings (SSSR count). The van der Waals surface area contributed by atoms with Crippen molar-refractivity contribution in [3.8, 4) is 0 Å². The third-order valence-corrected chi connectivity index (χ3v) is 4.00. The summed E-state index contributed by atoms with van der Waals surface area (Å²) in [6.07, 6.45) is 0.753. The number of anilines is 1. The zero-order valence-corrected chi connectivity index (χ0v) is 11.2. The van der Waals surface area contributed by atoms with Gasteiger partial charge in [-0.1, -0.05) is 15.9 Å². The van der Waals surface area contributed by atoms with Crippen LogP contribution in [0.2, 0.25) is 0 Å². The van der Waals surface area contributed by atoms with Gasteiger partial charge in [-0.2, -0.15) is 0 Å². The Morgan fingerprint density at radius 3 is 2.06 bits per heavy atom. The molecule has 0 N–H and O–H groups in total. The Bertz CT molecular complexity index is 509. The lowest BCUT2D eigenvalue weighted by atomic mass is 10.1. The first-order chi connectivity index (χ1) is 8.00. The van der Waals surface area contributed by atoms with Crippen molar-refractivity contribution in [2.75, 3.05) is 4.90 Å². The normalized spacial score (nSPS) is 26.4. The molecule has 1 aliphatic heterocycles. The van der Waals surface area contributed by atoms with Crippen LogP contribution >= 0.6 is 15.9 Å². The van der Waals surface area contributed by atoms with Crippen LogP contribution in [-0.4, -0.2) is 11.8 Å². The molecule has 2 atom stereocenters. The van der Waals surface area contributed by atoms with Crippen molar-refractivity contribution in [3.05, 3.63) is 27.7 Å². The molecule has 88 valence electrons. The SMILES string of the molecule is Cc1cc(Br)cc(C)c1N1C(=O)C2CC2C1=O. The molecule has 0 spiro atoms. The average molecular weight is 294 g/mol. The van der Waals surface area contributed by atoms with Crippen LogP contribution in [0.1, 0.15) is 17.5 Å². The highest BCUT2D eigenvalue weighted by Gasteiger charge is 2.59. The topological polar surface area (TPSA) is 37.4 Å². The molecule has 2 unspecified atom stereocenters. The van der Waals surface area contributed by atoms with Gasteiger partial charge in [0, 0.05) is 4.47 Å². The van der Waals surface area contributed by atoms with E-state index in [1.54, 1.807) is 0 Å². The van der Waals surface area contributed by atoms with Crippen LogP contribution in [0.5, 0.6) is 0 Å². The van der Waals surface area contributed by atoms with Gasteiger partial charge < -0.3 is 0 Å². The molecule has 4 heteroatoms. The molecule has 2 amide bonds. The van der Waals surface area contributed by atoms with Crippen LogP contribution in [0.15, 0.2) is 16.6 Å². The molecule has 0 radical (unpaired) electrons. The Morgan fingerprint density at radius 2 is 1.59 bits per heavy atom. The van der Waals surface area contributed by atoms with E-state index in [4.69, 9.17) is 0 Å². The maximum absolute atomic E-state index is 12.0. The maximum atomic E-state index is 12.0. The summed E-state index contributed by atoms with van der Waals surface area (Å²) in [5, 5.41) is 0. The molecule has 1 saturated carbocycles. The Hall–Kier alpha value is -1.16. The van der Waals surface area contributed by atoms with Gasteiger partial charge in [0.25, 0.3) is 0 Å². The van der Waals surface area contributed by atoms with Crippen LogP contribution in [0.25, 0.3) is 0 Å². The molecule has 0 aromatic heterocycles. The van der Waals surface area contributed by atoms with Crippen LogP contribution in [0.4, 0.5) is 5.69 Å². The number of nitrogens with zero attached hydrogens (tertiary/aromatic N) is 1. The highest BCUT2D eigenvalue weighted by Crippen LogP contribution is 2.49. The number of fused-ring (bicyclic) bond motifs is 1. The van der Waals surface area contributed by atoms with Gasteiger partial charge in [0.1, 0.15) is 0 Å². The highest BCUT2D eigenvalue weighted by atomic mass is 79.9. The molecule has 1 aromatic carbocycles. The van der Waals surface area contributed by atoms with Crippen molar-refractivity contribution in [2.45, 2.75) is 20.3 Å². The molecule has 2 fully saturated rings. The zero-order chi connectivity index (χ0) is 12.3. The van der Waals surface area contributed by atoms with Crippen LogP contribution < -0.4 is 4.90 Å². The smallest absolute Gasteiger partial charge is 0.237 e. The summed E-state index contributed by atoms with van der Waals surface area (Å²) in [6.45, 7) is 3.86. The first kappa shape index (κ1) is 11.0. The van der Waals surface area contributed by atoms with E-state index in [2.05, 4.69) is 15.9 Å². The highest BCUT2D eigenvalue weighted by molar-refractivity contribution is 9.10. The average Bonchev–Trinajstić information content (AvgIpc) is 2.96. The fraction of sp³-hybridized carbons (Fsp3) is 0.385. The second-order valence-electron chi connectivity index (χ2n) is 4.85. The van der Waals surface area contributed by atoms with Crippen molar-refractivity contribution >= 4 is 33.4 Å². The van der Waals surface area contributed by atoms with E-state index in [1.807, 2.05) is 26.0 Å². The first-order valence-corrected chi connectivity index (χ1v) is 6.44. The molecule has 17 heavy (non-hydrogen) atoms. The molecule has 1 aromatic rings. The number of piperidine rings is 1. The van der Waals surface area contributed by atoms with E-state index >= 15 is 0 Å². The van der Waals surface area contributed by atoms with E-state index in [1.165, 1.54) is 4.90 Å². The number of aryl methyl sites for hydroxylation is 2. The Kier molecular flexibility index (Phi) is 2.20. The Morgan fingerprint density at radius 1 is 1.12 bits per heavy atom. The minimum Gasteiger partial charge on any atom is -0.274 e. The number of hydrogen-bond acceptors (Lipinski definition) is 2. The minimum absolute atomic E-state index is 0.0199. The maximum Gasteiger partial charge on any atom is 0.237 e. The molecule has 2 aliphatic rings. The fourth-order valence-electron chi connectivity index (χ4n) is 2.66. The predicted molar refractivity (Wildman–Crippen MR) is 67.7 cm³/mol. The number of halogens is 1. The van der Waals surface area contributed by atoms with Crippen LogP contribution in [0.3, 0.4) is 0 Å². The number of amides is 2. The number of benzene rings is 1. The third-order valence-electron chi connectivity index (χ3n) is 3.55. The molecule has 3 nitrogen and oxygen atoms in total. The van der Waals surface area contributed by atoms with Crippen molar-refractivity contribution in [1.82, 2.24) is 0 Å². The molecular formula is C13H12BrNO2. The van der Waals surface area contributed by atoms with Crippen LogP contribution in [-0.2, 0) is 9.59 Å². The standard InChI is InChI=1S/C13H12BrNO2/c1-6-3-8(14)4-7(2)11(6)15-12(16)9-5-10(9)13(15)17/h3-4,9-10H,5H2,1-2H3. The lowest BCUT2D eigenvalue weighted by Crippen LogP contribution is -2.34. The quantitative estimate of drug-likeness (QED) is 0.747. The predicted octanol–water partition coefficient (Wildman–Crippen LogP) is 2.58. The van der Waals surface area contributed by atoms with Gasteiger partial charge in [-0.05, 0) is 43.5 Å². The van der Waals surface area contributed by atoms with E-state index in [0.29, 0.717) is 0 Å². The lowest BCUT2D eigenvalue weighted by Gasteiger charge is -2.21. The second kappa shape index (κ2) is 3.42. The second-order valence-corrected chi connectivity index (χ2v) is 5.76. The molecule has 1 heterocycles. The minimum atomic E-state index is -0.0371. The summed E-state index contributed by atoms with van der Waals surface area (Å²) in [4.78, 5) is 25.5. The third kappa shape index (κ3) is 1.47. The first-order valence-electron chi connectivity index (χ1n) is 5.65.